The molecule has 0 saturated heterocycles. The van der Waals surface area contributed by atoms with E-state index in [9.17, 15) is 9.59 Å². The van der Waals surface area contributed by atoms with Gasteiger partial charge in [-0.2, -0.15) is 0 Å². The van der Waals surface area contributed by atoms with E-state index in [0.717, 1.165) is 17.1 Å². The second-order valence-electron chi connectivity index (χ2n) is 5.74. The summed E-state index contributed by atoms with van der Waals surface area (Å²) in [4.78, 5) is 23.4. The van der Waals surface area contributed by atoms with Crippen molar-refractivity contribution in [2.24, 2.45) is 0 Å². The van der Waals surface area contributed by atoms with Gasteiger partial charge in [-0.15, -0.1) is 0 Å². The van der Waals surface area contributed by atoms with Crippen LogP contribution in [0.25, 0.3) is 0 Å². The lowest BCUT2D eigenvalue weighted by atomic mass is 10.1. The monoisotopic (exact) mass is 362 g/mol. The summed E-state index contributed by atoms with van der Waals surface area (Å²) in [7, 11) is 1.61. The van der Waals surface area contributed by atoms with Crippen LogP contribution in [0.4, 0.5) is 17.1 Å². The summed E-state index contributed by atoms with van der Waals surface area (Å²) in [5.41, 5.74) is 2.70. The van der Waals surface area contributed by atoms with Gasteiger partial charge in [0, 0.05) is 11.3 Å². The molecule has 0 bridgehead atoms. The molecule has 0 aliphatic carbocycles. The maximum absolute atomic E-state index is 12.5. The summed E-state index contributed by atoms with van der Waals surface area (Å²) in [5, 5.41) is 15.0. The molecule has 27 heavy (non-hydrogen) atoms. The lowest BCUT2D eigenvalue weighted by Gasteiger charge is -2.13. The molecule has 3 rings (SSSR count). The highest BCUT2D eigenvalue weighted by Gasteiger charge is 2.10. The van der Waals surface area contributed by atoms with Crippen LogP contribution in [0.5, 0.6) is 5.75 Å². The topological polar surface area (TPSA) is 87.7 Å². The summed E-state index contributed by atoms with van der Waals surface area (Å²) in [6, 6.07) is 20.5. The Hall–Kier alpha value is -3.80. The van der Waals surface area contributed by atoms with E-state index in [1.165, 1.54) is 24.3 Å². The van der Waals surface area contributed by atoms with Gasteiger partial charge in [-0.05, 0) is 60.7 Å². The van der Waals surface area contributed by atoms with Crippen LogP contribution in [0.3, 0.4) is 0 Å². The normalized spacial score (nSPS) is 10.1. The van der Waals surface area contributed by atoms with Crippen molar-refractivity contribution in [3.05, 3.63) is 83.9 Å². The fraction of sp³-hybridized carbons (Fsp3) is 0.0476. The standard InChI is InChI=1S/C21H18N2O4/c1-27-17-12-10-16(11-13-17)22-18-4-2-3-5-19(18)23-20(24)14-6-8-15(9-7-14)21(25)26/h2-13,22H,1H3,(H,23,24)(H,25,26). The number of aromatic carboxylic acids is 1. The Bertz CT molecular complexity index is 951. The van der Waals surface area contributed by atoms with Crippen LogP contribution in [0.1, 0.15) is 20.7 Å². The first kappa shape index (κ1) is 18.0. The Morgan fingerprint density at radius 2 is 1.41 bits per heavy atom. The lowest BCUT2D eigenvalue weighted by Crippen LogP contribution is -2.13. The molecule has 0 radical (unpaired) electrons. The first-order chi connectivity index (χ1) is 13.1. The summed E-state index contributed by atoms with van der Waals surface area (Å²) < 4.78 is 5.15. The van der Waals surface area contributed by atoms with Crippen LogP contribution in [-0.2, 0) is 0 Å². The number of anilines is 3. The quantitative estimate of drug-likeness (QED) is 0.605. The molecule has 136 valence electrons. The van der Waals surface area contributed by atoms with Crippen molar-refractivity contribution in [1.29, 1.82) is 0 Å². The fourth-order valence-corrected chi connectivity index (χ4v) is 2.49. The van der Waals surface area contributed by atoms with E-state index in [2.05, 4.69) is 10.6 Å². The SMILES string of the molecule is COc1ccc(Nc2ccccc2NC(=O)c2ccc(C(=O)O)cc2)cc1. The van der Waals surface area contributed by atoms with Gasteiger partial charge in [-0.1, -0.05) is 12.1 Å². The van der Waals surface area contributed by atoms with E-state index in [1.807, 2.05) is 42.5 Å². The molecular weight excluding hydrogens is 344 g/mol. The maximum Gasteiger partial charge on any atom is 0.335 e. The molecule has 0 aromatic heterocycles. The molecule has 0 saturated carbocycles. The van der Waals surface area contributed by atoms with Crippen molar-refractivity contribution >= 4 is 28.9 Å². The third kappa shape index (κ3) is 4.43. The molecule has 0 spiro atoms. The van der Waals surface area contributed by atoms with Crippen molar-refractivity contribution in [3.8, 4) is 5.75 Å². The van der Waals surface area contributed by atoms with Gasteiger partial charge >= 0.3 is 5.97 Å². The summed E-state index contributed by atoms with van der Waals surface area (Å²) in [5.74, 6) is -0.598. The van der Waals surface area contributed by atoms with Crippen LogP contribution in [0, 0.1) is 0 Å². The smallest absolute Gasteiger partial charge is 0.335 e. The second-order valence-corrected chi connectivity index (χ2v) is 5.74. The molecule has 0 fully saturated rings. The predicted molar refractivity (Wildman–Crippen MR) is 104 cm³/mol. The number of carboxylic acid groups (broad SMARTS) is 1. The molecule has 0 atom stereocenters. The highest BCUT2D eigenvalue weighted by atomic mass is 16.5. The second kappa shape index (κ2) is 8.05. The van der Waals surface area contributed by atoms with E-state index in [4.69, 9.17) is 9.84 Å². The van der Waals surface area contributed by atoms with E-state index < -0.39 is 5.97 Å². The molecule has 3 N–H and O–H groups in total. The number of carbonyl (C=O) groups is 2. The summed E-state index contributed by atoms with van der Waals surface area (Å²) >= 11 is 0. The van der Waals surface area contributed by atoms with Crippen molar-refractivity contribution < 1.29 is 19.4 Å². The van der Waals surface area contributed by atoms with Gasteiger partial charge in [0.2, 0.25) is 0 Å². The van der Waals surface area contributed by atoms with Crippen LogP contribution >= 0.6 is 0 Å². The highest BCUT2D eigenvalue weighted by Crippen LogP contribution is 2.26. The van der Waals surface area contributed by atoms with E-state index in [0.29, 0.717) is 11.3 Å². The van der Waals surface area contributed by atoms with Gasteiger partial charge in [-0.25, -0.2) is 4.79 Å². The number of para-hydroxylation sites is 2. The molecule has 3 aromatic carbocycles. The lowest BCUT2D eigenvalue weighted by molar-refractivity contribution is 0.0696. The average Bonchev–Trinajstić information content (AvgIpc) is 2.70. The minimum Gasteiger partial charge on any atom is -0.497 e. The van der Waals surface area contributed by atoms with E-state index in [1.54, 1.807) is 13.2 Å². The molecule has 0 aliphatic heterocycles. The van der Waals surface area contributed by atoms with Crippen molar-refractivity contribution in [2.45, 2.75) is 0 Å². The van der Waals surface area contributed by atoms with E-state index >= 15 is 0 Å². The number of carbonyl (C=O) groups excluding carboxylic acids is 1. The molecule has 0 unspecified atom stereocenters. The molecule has 6 nitrogen and oxygen atoms in total. The minimum atomic E-state index is -1.03. The largest absolute Gasteiger partial charge is 0.497 e. The van der Waals surface area contributed by atoms with Crippen molar-refractivity contribution in [3.63, 3.8) is 0 Å². The summed E-state index contributed by atoms with van der Waals surface area (Å²) in [6.45, 7) is 0. The molecule has 3 aromatic rings. The Morgan fingerprint density at radius 1 is 0.815 bits per heavy atom. The number of hydrogen-bond donors (Lipinski definition) is 3. The molecule has 0 heterocycles. The molecular formula is C21H18N2O4. The third-order valence-electron chi connectivity index (χ3n) is 3.94. The van der Waals surface area contributed by atoms with Gasteiger partial charge in [0.05, 0.1) is 24.0 Å². The number of nitrogens with one attached hydrogen (secondary N) is 2. The Balaban J connectivity index is 1.76. The number of benzene rings is 3. The molecule has 6 heteroatoms. The van der Waals surface area contributed by atoms with Crippen molar-refractivity contribution in [2.75, 3.05) is 17.7 Å². The zero-order chi connectivity index (χ0) is 19.2. The van der Waals surface area contributed by atoms with Crippen molar-refractivity contribution in [1.82, 2.24) is 0 Å². The first-order valence-corrected chi connectivity index (χ1v) is 8.21. The van der Waals surface area contributed by atoms with E-state index in [-0.39, 0.29) is 11.5 Å². The van der Waals surface area contributed by atoms with Crippen LogP contribution in [0.15, 0.2) is 72.8 Å². The number of carboxylic acids is 1. The van der Waals surface area contributed by atoms with Gasteiger partial charge in [0.15, 0.2) is 0 Å². The number of hydrogen-bond acceptors (Lipinski definition) is 4. The molecule has 1 amide bonds. The van der Waals surface area contributed by atoms with Gasteiger partial charge in [0.1, 0.15) is 5.75 Å². The van der Waals surface area contributed by atoms with Gasteiger partial charge in [0.25, 0.3) is 5.91 Å². The zero-order valence-corrected chi connectivity index (χ0v) is 14.6. The number of rotatable bonds is 6. The Morgan fingerprint density at radius 3 is 2.00 bits per heavy atom. The summed E-state index contributed by atoms with van der Waals surface area (Å²) in [6.07, 6.45) is 0. The number of ether oxygens (including phenoxy) is 1. The predicted octanol–water partition coefficient (Wildman–Crippen LogP) is 4.39. The molecule has 0 aliphatic rings. The van der Waals surface area contributed by atoms with Crippen LogP contribution in [-0.4, -0.2) is 24.1 Å². The average molecular weight is 362 g/mol. The zero-order valence-electron chi connectivity index (χ0n) is 14.6. The van der Waals surface area contributed by atoms with Gasteiger partial charge < -0.3 is 20.5 Å². The maximum atomic E-state index is 12.5. The van der Waals surface area contributed by atoms with Gasteiger partial charge in [-0.3, -0.25) is 4.79 Å². The highest BCUT2D eigenvalue weighted by molar-refractivity contribution is 6.06. The Kier molecular flexibility index (Phi) is 5.37. The minimum absolute atomic E-state index is 0.133. The Labute approximate surface area is 156 Å². The van der Waals surface area contributed by atoms with Crippen LogP contribution in [0.2, 0.25) is 0 Å². The third-order valence-corrected chi connectivity index (χ3v) is 3.94. The number of methoxy groups -OCH3 is 1. The fourth-order valence-electron chi connectivity index (χ4n) is 2.49. The van der Waals surface area contributed by atoms with Crippen LogP contribution < -0.4 is 15.4 Å². The first-order valence-electron chi connectivity index (χ1n) is 8.21. The number of amides is 1.